The fourth-order valence-electron chi connectivity index (χ4n) is 5.60. The van der Waals surface area contributed by atoms with E-state index in [2.05, 4.69) is 40.4 Å². The van der Waals surface area contributed by atoms with E-state index in [0.29, 0.717) is 54.7 Å². The van der Waals surface area contributed by atoms with Crippen molar-refractivity contribution in [2.75, 3.05) is 69.2 Å². The molecular weight excluding hydrogens is 630 g/mol. The van der Waals surface area contributed by atoms with Gasteiger partial charge in [0.1, 0.15) is 34.4 Å². The lowest BCUT2D eigenvalue weighted by atomic mass is 10.2. The molecule has 16 nitrogen and oxygen atoms in total. The van der Waals surface area contributed by atoms with E-state index in [1.807, 2.05) is 61.3 Å². The lowest BCUT2D eigenvalue weighted by Crippen LogP contribution is -2.48. The normalized spacial score (nSPS) is 15.3. The van der Waals surface area contributed by atoms with Crippen molar-refractivity contribution in [2.45, 2.75) is 6.92 Å². The number of rotatable bonds is 8. The summed E-state index contributed by atoms with van der Waals surface area (Å²) in [7, 11) is 1.86. The van der Waals surface area contributed by atoms with Crippen LogP contribution in [0.4, 0.5) is 17.5 Å². The maximum Gasteiger partial charge on any atom is 0.290 e. The minimum absolute atomic E-state index is 0.0329. The van der Waals surface area contributed by atoms with Crippen molar-refractivity contribution in [3.63, 3.8) is 0 Å². The molecule has 254 valence electrons. The monoisotopic (exact) mass is 667 g/mol. The third-order valence-corrected chi connectivity index (χ3v) is 8.21. The van der Waals surface area contributed by atoms with Gasteiger partial charge in [-0.25, -0.2) is 24.6 Å². The number of nitrogens with one attached hydrogen (secondary N) is 1. The molecule has 1 amide bonds. The number of fused-ring (bicyclic) bond motifs is 2. The van der Waals surface area contributed by atoms with Gasteiger partial charge in [-0.15, -0.1) is 5.10 Å². The van der Waals surface area contributed by atoms with E-state index >= 15 is 0 Å². The standard InChI is InChI=1S/C32H35N11O3.CH2O2/c1-22-18-23(5-8-28(22)46-24-6-7-27-25(19-24)38-39-40(27)2)36-31-30-26(34-21-35-31)20-33-32(37-30)43-12-10-42(11-13-43)29(44)4-3-9-41-14-16-45-17-15-41;2-1-3/h3-8,18-21H,9-17H2,1-2H3,(H,34,35,36);1H,(H,2,3)/b4-3+;. The number of hydrogen-bond acceptors (Lipinski definition) is 13. The summed E-state index contributed by atoms with van der Waals surface area (Å²) in [4.78, 5) is 45.6. The number of piperazine rings is 1. The van der Waals surface area contributed by atoms with Crippen LogP contribution in [0.25, 0.3) is 22.1 Å². The van der Waals surface area contributed by atoms with Crippen LogP contribution in [0.1, 0.15) is 5.56 Å². The van der Waals surface area contributed by atoms with Crippen molar-refractivity contribution in [3.8, 4) is 11.5 Å². The summed E-state index contributed by atoms with van der Waals surface area (Å²) in [6, 6.07) is 11.6. The van der Waals surface area contributed by atoms with Crippen molar-refractivity contribution in [1.82, 2.24) is 44.7 Å². The molecule has 2 fully saturated rings. The summed E-state index contributed by atoms with van der Waals surface area (Å²) < 4.78 is 13.3. The van der Waals surface area contributed by atoms with Crippen LogP contribution in [0.15, 0.2) is 61.1 Å². The highest BCUT2D eigenvalue weighted by Crippen LogP contribution is 2.31. The van der Waals surface area contributed by atoms with Crippen molar-refractivity contribution >= 4 is 51.9 Å². The topological polar surface area (TPSA) is 177 Å². The number of carbonyl (C=O) groups is 2. The zero-order valence-corrected chi connectivity index (χ0v) is 27.3. The molecular formula is C33H37N11O5. The molecule has 2 aromatic carbocycles. The van der Waals surface area contributed by atoms with Crippen LogP contribution >= 0.6 is 0 Å². The van der Waals surface area contributed by atoms with Crippen LogP contribution in [-0.2, 0) is 21.4 Å². The van der Waals surface area contributed by atoms with Crippen LogP contribution in [0, 0.1) is 6.92 Å². The summed E-state index contributed by atoms with van der Waals surface area (Å²) in [5, 5.41) is 18.5. The summed E-state index contributed by atoms with van der Waals surface area (Å²) in [6.45, 7) is 8.25. The van der Waals surface area contributed by atoms with Gasteiger partial charge in [-0.05, 0) is 42.8 Å². The molecule has 5 aromatic rings. The van der Waals surface area contributed by atoms with Gasteiger partial charge >= 0.3 is 0 Å². The molecule has 2 aliphatic rings. The molecule has 16 heteroatoms. The molecule has 2 N–H and O–H groups in total. The van der Waals surface area contributed by atoms with Crippen LogP contribution < -0.4 is 15.0 Å². The van der Waals surface area contributed by atoms with Crippen molar-refractivity contribution in [3.05, 3.63) is 66.6 Å². The Bertz CT molecular complexity index is 1950. The molecule has 0 radical (unpaired) electrons. The molecule has 0 unspecified atom stereocenters. The average molecular weight is 668 g/mol. The van der Waals surface area contributed by atoms with E-state index in [9.17, 15) is 4.79 Å². The summed E-state index contributed by atoms with van der Waals surface area (Å²) in [6.07, 6.45) is 6.85. The molecule has 7 rings (SSSR count). The number of carbonyl (C=O) groups excluding carboxylic acids is 1. The Hall–Kier alpha value is -5.74. The molecule has 49 heavy (non-hydrogen) atoms. The minimum Gasteiger partial charge on any atom is -0.483 e. The number of carboxylic acid groups (broad SMARTS) is 1. The molecule has 5 heterocycles. The predicted octanol–water partition coefficient (Wildman–Crippen LogP) is 2.78. The Morgan fingerprint density at radius 3 is 2.59 bits per heavy atom. The first kappa shape index (κ1) is 33.2. The number of anilines is 3. The number of morpholine rings is 1. The lowest BCUT2D eigenvalue weighted by molar-refractivity contribution is -0.126. The van der Waals surface area contributed by atoms with E-state index in [4.69, 9.17) is 24.4 Å². The van der Waals surface area contributed by atoms with E-state index < -0.39 is 0 Å². The van der Waals surface area contributed by atoms with Crippen LogP contribution in [0.3, 0.4) is 0 Å². The average Bonchev–Trinajstić information content (AvgIpc) is 3.49. The zero-order valence-electron chi connectivity index (χ0n) is 27.3. The number of benzene rings is 2. The number of aromatic nitrogens is 7. The summed E-state index contributed by atoms with van der Waals surface area (Å²) >= 11 is 0. The highest BCUT2D eigenvalue weighted by Gasteiger charge is 2.22. The second-order valence-corrected chi connectivity index (χ2v) is 11.4. The third-order valence-electron chi connectivity index (χ3n) is 8.21. The van der Waals surface area contributed by atoms with Gasteiger partial charge in [0.2, 0.25) is 11.9 Å². The Kier molecular flexibility index (Phi) is 10.5. The second kappa shape index (κ2) is 15.4. The van der Waals surface area contributed by atoms with Gasteiger partial charge in [0.15, 0.2) is 5.82 Å². The Morgan fingerprint density at radius 2 is 1.82 bits per heavy atom. The molecule has 2 saturated heterocycles. The molecule has 0 saturated carbocycles. The quantitative estimate of drug-likeness (QED) is 0.182. The first-order chi connectivity index (χ1) is 23.9. The molecule has 3 aromatic heterocycles. The van der Waals surface area contributed by atoms with Gasteiger partial charge in [0, 0.05) is 70.7 Å². The summed E-state index contributed by atoms with van der Waals surface area (Å²) in [5.74, 6) is 2.62. The highest BCUT2D eigenvalue weighted by atomic mass is 16.5. The summed E-state index contributed by atoms with van der Waals surface area (Å²) in [5.41, 5.74) is 4.75. The molecule has 0 bridgehead atoms. The van der Waals surface area contributed by atoms with Crippen LogP contribution in [0.2, 0.25) is 0 Å². The maximum absolute atomic E-state index is 12.8. The number of aryl methyl sites for hydroxylation is 2. The van der Waals surface area contributed by atoms with E-state index in [1.54, 1.807) is 17.0 Å². The first-order valence-corrected chi connectivity index (χ1v) is 15.8. The Balaban J connectivity index is 0.00000134. The van der Waals surface area contributed by atoms with Gasteiger partial charge in [-0.2, -0.15) is 0 Å². The van der Waals surface area contributed by atoms with E-state index in [0.717, 1.165) is 60.9 Å². The number of nitrogens with zero attached hydrogens (tertiary/aromatic N) is 10. The van der Waals surface area contributed by atoms with Gasteiger partial charge in [0.25, 0.3) is 6.47 Å². The van der Waals surface area contributed by atoms with E-state index in [1.165, 1.54) is 6.33 Å². The maximum atomic E-state index is 12.8. The molecule has 0 spiro atoms. The van der Waals surface area contributed by atoms with Gasteiger partial charge in [-0.1, -0.05) is 11.3 Å². The van der Waals surface area contributed by atoms with Gasteiger partial charge < -0.3 is 29.7 Å². The fourth-order valence-corrected chi connectivity index (χ4v) is 5.60. The predicted molar refractivity (Wildman–Crippen MR) is 182 cm³/mol. The number of amides is 1. The minimum atomic E-state index is -0.250. The molecule has 2 aliphatic heterocycles. The van der Waals surface area contributed by atoms with Crippen molar-refractivity contribution in [1.29, 1.82) is 0 Å². The molecule has 0 atom stereocenters. The van der Waals surface area contributed by atoms with Gasteiger partial charge in [0.05, 0.1) is 24.9 Å². The van der Waals surface area contributed by atoms with Gasteiger partial charge in [-0.3, -0.25) is 14.5 Å². The number of ether oxygens (including phenoxy) is 2. The lowest BCUT2D eigenvalue weighted by Gasteiger charge is -2.34. The van der Waals surface area contributed by atoms with Crippen LogP contribution in [0.5, 0.6) is 11.5 Å². The third kappa shape index (κ3) is 8.05. The Morgan fingerprint density at radius 1 is 1.02 bits per heavy atom. The second-order valence-electron chi connectivity index (χ2n) is 11.4. The largest absolute Gasteiger partial charge is 0.483 e. The first-order valence-electron chi connectivity index (χ1n) is 15.8. The highest BCUT2D eigenvalue weighted by molar-refractivity contribution is 5.88. The van der Waals surface area contributed by atoms with E-state index in [-0.39, 0.29) is 12.4 Å². The smallest absolute Gasteiger partial charge is 0.290 e. The molecule has 0 aliphatic carbocycles. The number of hydrogen-bond donors (Lipinski definition) is 2. The van der Waals surface area contributed by atoms with Crippen molar-refractivity contribution in [2.24, 2.45) is 7.05 Å². The van der Waals surface area contributed by atoms with Crippen LogP contribution in [-0.4, -0.2) is 121 Å². The van der Waals surface area contributed by atoms with Crippen molar-refractivity contribution < 1.29 is 24.2 Å². The fraction of sp³-hybridized carbons (Fsp3) is 0.333. The SMILES string of the molecule is Cc1cc(Nc2ncnc3cnc(N4CCN(C(=O)/C=C/CN5CCOCC5)CC4)nc23)ccc1Oc1ccc2c(c1)nnn2C.O=CO. The zero-order chi connectivity index (χ0) is 34.2. The Labute approximate surface area is 282 Å².